The van der Waals surface area contributed by atoms with Crippen LogP contribution in [0.5, 0.6) is 0 Å². The molecule has 40 heavy (non-hydrogen) atoms. The molecule has 2 aromatic heterocycles. The molecule has 1 unspecified atom stereocenters. The van der Waals surface area contributed by atoms with Gasteiger partial charge in [-0.1, -0.05) is 62.4 Å². The maximum atomic E-state index is 14.4. The third-order valence-corrected chi connectivity index (χ3v) is 7.69. The normalized spacial score (nSPS) is 14.6. The number of aromatic nitrogens is 3. The van der Waals surface area contributed by atoms with Gasteiger partial charge in [0.15, 0.2) is 0 Å². The van der Waals surface area contributed by atoms with Crippen LogP contribution in [-0.4, -0.2) is 25.3 Å². The molecule has 7 heteroatoms. The molecule has 0 fully saturated rings. The summed E-state index contributed by atoms with van der Waals surface area (Å²) in [5.74, 6) is 0.946. The first-order valence-corrected chi connectivity index (χ1v) is 13.6. The highest BCUT2D eigenvalue weighted by molar-refractivity contribution is 5.90. The molecule has 3 heterocycles. The average molecular weight is 534 g/mol. The molecule has 1 N–H and O–H groups in total. The first-order valence-electron chi connectivity index (χ1n) is 13.6. The van der Waals surface area contributed by atoms with Gasteiger partial charge in [-0.05, 0) is 72.9 Å². The van der Waals surface area contributed by atoms with Crippen molar-refractivity contribution in [3.05, 3.63) is 131 Å². The summed E-state index contributed by atoms with van der Waals surface area (Å²) in [7, 11) is 0. The van der Waals surface area contributed by atoms with E-state index in [0.717, 1.165) is 34.0 Å². The molecule has 6 rings (SSSR count). The van der Waals surface area contributed by atoms with Crippen molar-refractivity contribution in [3.63, 3.8) is 0 Å². The molecule has 0 radical (unpaired) electrons. The van der Waals surface area contributed by atoms with Crippen LogP contribution in [0.1, 0.15) is 59.4 Å². The van der Waals surface area contributed by atoms with Gasteiger partial charge in [-0.25, -0.2) is 13.9 Å². The van der Waals surface area contributed by atoms with Gasteiger partial charge in [-0.3, -0.25) is 0 Å². The van der Waals surface area contributed by atoms with Gasteiger partial charge < -0.3 is 14.8 Å². The first-order chi connectivity index (χ1) is 19.3. The second kappa shape index (κ2) is 10.2. The van der Waals surface area contributed by atoms with Crippen LogP contribution < -0.4 is 5.32 Å². The zero-order chi connectivity index (χ0) is 28.0. The smallest absolute Gasteiger partial charge is 0.308 e. The minimum Gasteiger partial charge on any atom is -0.308 e. The lowest BCUT2D eigenvalue weighted by atomic mass is 9.97. The third-order valence-electron chi connectivity index (χ3n) is 7.69. The van der Waals surface area contributed by atoms with Crippen molar-refractivity contribution in [2.75, 3.05) is 5.32 Å². The summed E-state index contributed by atoms with van der Waals surface area (Å²) in [6.45, 7) is 8.34. The van der Waals surface area contributed by atoms with Gasteiger partial charge >= 0.3 is 6.03 Å². The number of carbonyl (C=O) groups is 1. The van der Waals surface area contributed by atoms with Crippen LogP contribution >= 0.6 is 0 Å². The van der Waals surface area contributed by atoms with E-state index in [4.69, 9.17) is 5.10 Å². The van der Waals surface area contributed by atoms with Crippen molar-refractivity contribution in [2.24, 2.45) is 0 Å². The number of nitrogens with one attached hydrogen (secondary N) is 1. The topological polar surface area (TPSA) is 55.1 Å². The summed E-state index contributed by atoms with van der Waals surface area (Å²) >= 11 is 0. The number of aryl methyl sites for hydroxylation is 2. The molecular weight excluding hydrogens is 501 g/mol. The van der Waals surface area contributed by atoms with E-state index in [1.54, 1.807) is 19.1 Å². The van der Waals surface area contributed by atoms with Crippen LogP contribution in [0.15, 0.2) is 91.1 Å². The second-order valence-electron chi connectivity index (χ2n) is 10.7. The molecule has 0 aliphatic carbocycles. The van der Waals surface area contributed by atoms with Crippen LogP contribution in [0.25, 0.3) is 11.5 Å². The Morgan fingerprint density at radius 2 is 1.73 bits per heavy atom. The van der Waals surface area contributed by atoms with Crippen LogP contribution in [-0.2, 0) is 6.54 Å². The third kappa shape index (κ3) is 4.47. The number of hydrogen-bond acceptors (Lipinski definition) is 2. The Kier molecular flexibility index (Phi) is 6.50. The minimum absolute atomic E-state index is 0.311. The first kappa shape index (κ1) is 25.6. The van der Waals surface area contributed by atoms with Gasteiger partial charge in [0.25, 0.3) is 0 Å². The molecule has 6 nitrogen and oxygen atoms in total. The number of para-hydroxylation sites is 1. The summed E-state index contributed by atoms with van der Waals surface area (Å²) in [6.07, 6.45) is 2.03. The number of halogens is 1. The van der Waals surface area contributed by atoms with Crippen molar-refractivity contribution < 1.29 is 9.18 Å². The quantitative estimate of drug-likeness (QED) is 0.258. The van der Waals surface area contributed by atoms with Crippen LogP contribution in [0.3, 0.4) is 0 Å². The Labute approximate surface area is 233 Å². The summed E-state index contributed by atoms with van der Waals surface area (Å²) in [4.78, 5) is 15.9. The average Bonchev–Trinajstić information content (AvgIpc) is 3.51. The molecule has 1 atom stereocenters. The van der Waals surface area contributed by atoms with Crippen molar-refractivity contribution in [3.8, 4) is 11.5 Å². The lowest BCUT2D eigenvalue weighted by Gasteiger charge is -2.31. The summed E-state index contributed by atoms with van der Waals surface area (Å²) in [5.41, 5.74) is 6.85. The van der Waals surface area contributed by atoms with E-state index < -0.39 is 0 Å². The highest BCUT2D eigenvalue weighted by Gasteiger charge is 2.36. The SMILES string of the molecule is Cc1ccc(NC(=O)N2Cc3c(C)nn(-c4ccccc4)c3-n3cccc3C2c2ccc(C(C)C)cc2)cc1F. The maximum Gasteiger partial charge on any atom is 0.322 e. The van der Waals surface area contributed by atoms with Gasteiger partial charge in [0.05, 0.1) is 29.7 Å². The van der Waals surface area contributed by atoms with Gasteiger partial charge in [0, 0.05) is 17.4 Å². The molecule has 0 saturated heterocycles. The van der Waals surface area contributed by atoms with Crippen molar-refractivity contribution in [1.29, 1.82) is 0 Å². The summed E-state index contributed by atoms with van der Waals surface area (Å²) < 4.78 is 18.5. The lowest BCUT2D eigenvalue weighted by Crippen LogP contribution is -2.38. The van der Waals surface area contributed by atoms with Gasteiger partial charge in [-0.15, -0.1) is 0 Å². The molecule has 1 aliphatic heterocycles. The lowest BCUT2D eigenvalue weighted by molar-refractivity contribution is 0.194. The molecule has 0 bridgehead atoms. The number of fused-ring (bicyclic) bond motifs is 3. The molecular formula is C33H32FN5O. The van der Waals surface area contributed by atoms with Crippen LogP contribution in [0.4, 0.5) is 14.9 Å². The van der Waals surface area contributed by atoms with Crippen molar-refractivity contribution >= 4 is 11.7 Å². The number of hydrogen-bond donors (Lipinski definition) is 1. The second-order valence-corrected chi connectivity index (χ2v) is 10.7. The highest BCUT2D eigenvalue weighted by atomic mass is 19.1. The minimum atomic E-state index is -0.387. The zero-order valence-corrected chi connectivity index (χ0v) is 23.1. The molecule has 5 aromatic rings. The predicted octanol–water partition coefficient (Wildman–Crippen LogP) is 7.68. The fourth-order valence-corrected chi connectivity index (χ4v) is 5.43. The van der Waals surface area contributed by atoms with E-state index >= 15 is 0 Å². The van der Waals surface area contributed by atoms with Gasteiger partial charge in [0.1, 0.15) is 11.6 Å². The Hall–Kier alpha value is -4.65. The fraction of sp³-hybridized carbons (Fsp3) is 0.212. The number of nitrogens with zero attached hydrogens (tertiary/aromatic N) is 4. The monoisotopic (exact) mass is 533 g/mol. The van der Waals surface area contributed by atoms with E-state index in [-0.39, 0.29) is 17.9 Å². The van der Waals surface area contributed by atoms with Crippen LogP contribution in [0.2, 0.25) is 0 Å². The number of amides is 2. The predicted molar refractivity (Wildman–Crippen MR) is 156 cm³/mol. The molecule has 0 spiro atoms. The number of carbonyl (C=O) groups excluding carboxylic acids is 1. The van der Waals surface area contributed by atoms with E-state index in [1.807, 2.05) is 59.1 Å². The summed E-state index contributed by atoms with van der Waals surface area (Å²) in [5, 5.41) is 7.86. The highest BCUT2D eigenvalue weighted by Crippen LogP contribution is 2.39. The Bertz CT molecular complexity index is 1680. The van der Waals surface area contributed by atoms with E-state index in [2.05, 4.69) is 54.1 Å². The van der Waals surface area contributed by atoms with Gasteiger partial charge in [-0.2, -0.15) is 5.10 Å². The molecule has 2 amide bonds. The number of benzene rings is 3. The Morgan fingerprint density at radius 1 is 0.975 bits per heavy atom. The fourth-order valence-electron chi connectivity index (χ4n) is 5.43. The standard InChI is InChI=1S/C33H32FN5O/c1-21(2)24-13-15-25(16-14-24)31-30-11-8-18-37(30)32-28(23(4)36-39(32)27-9-6-5-7-10-27)20-38(31)33(40)35-26-17-12-22(3)29(34)19-26/h5-19,21,31H,20H2,1-4H3,(H,35,40). The number of rotatable bonds is 4. The summed E-state index contributed by atoms with van der Waals surface area (Å²) in [6, 6.07) is 26.6. The van der Waals surface area contributed by atoms with E-state index in [0.29, 0.717) is 23.7 Å². The molecule has 3 aromatic carbocycles. The largest absolute Gasteiger partial charge is 0.322 e. The maximum absolute atomic E-state index is 14.4. The molecule has 202 valence electrons. The van der Waals surface area contributed by atoms with Crippen LogP contribution in [0, 0.1) is 19.7 Å². The molecule has 0 saturated carbocycles. The zero-order valence-electron chi connectivity index (χ0n) is 23.1. The van der Waals surface area contributed by atoms with Crippen molar-refractivity contribution in [2.45, 2.75) is 46.2 Å². The van der Waals surface area contributed by atoms with Gasteiger partial charge in [0.2, 0.25) is 0 Å². The Morgan fingerprint density at radius 3 is 2.42 bits per heavy atom. The molecule has 1 aliphatic rings. The number of urea groups is 1. The number of anilines is 1. The Balaban J connectivity index is 1.51. The van der Waals surface area contributed by atoms with Crippen molar-refractivity contribution in [1.82, 2.24) is 19.2 Å². The van der Waals surface area contributed by atoms with E-state index in [9.17, 15) is 9.18 Å². The van der Waals surface area contributed by atoms with E-state index in [1.165, 1.54) is 11.6 Å².